The van der Waals surface area contributed by atoms with Crippen molar-refractivity contribution in [3.8, 4) is 11.5 Å². The SMILES string of the molecule is C=C(Cc1c(O)c(C(=O)N(CCCC)CCCC)cc2ccccc12)Cc1c(O)c(C(=O)N(CCCC)CCCC)cc2ccccc12. The Kier molecular flexibility index (Phi) is 13.5. The van der Waals surface area contributed by atoms with E-state index in [-0.39, 0.29) is 23.3 Å². The van der Waals surface area contributed by atoms with Crippen molar-refractivity contribution in [1.82, 2.24) is 9.80 Å². The molecule has 256 valence electrons. The summed E-state index contributed by atoms with van der Waals surface area (Å²) < 4.78 is 0. The molecular formula is C42H54N2O4. The molecular weight excluding hydrogens is 596 g/mol. The minimum atomic E-state index is -0.155. The molecule has 0 aromatic heterocycles. The topological polar surface area (TPSA) is 81.1 Å². The molecule has 0 fully saturated rings. The third-order valence-corrected chi connectivity index (χ3v) is 9.27. The zero-order chi connectivity index (χ0) is 34.6. The number of nitrogens with zero attached hydrogens (tertiary/aromatic N) is 2. The highest BCUT2D eigenvalue weighted by Crippen LogP contribution is 2.37. The first kappa shape index (κ1) is 36.5. The van der Waals surface area contributed by atoms with Gasteiger partial charge in [-0.1, -0.05) is 114 Å². The fraction of sp³-hybridized carbons (Fsp3) is 0.429. The molecule has 48 heavy (non-hydrogen) atoms. The predicted octanol–water partition coefficient (Wildman–Crippen LogP) is 9.83. The van der Waals surface area contributed by atoms with E-state index in [9.17, 15) is 19.8 Å². The molecule has 2 amide bonds. The zero-order valence-electron chi connectivity index (χ0n) is 29.5. The minimum absolute atomic E-state index is 0.0154. The molecule has 2 N–H and O–H groups in total. The number of phenolic OH excluding ortho intramolecular Hbond substituents is 2. The molecule has 4 aromatic rings. The first-order valence-corrected chi connectivity index (χ1v) is 18.0. The van der Waals surface area contributed by atoms with E-state index in [0.29, 0.717) is 61.3 Å². The fourth-order valence-electron chi connectivity index (χ4n) is 6.44. The Morgan fingerprint density at radius 3 is 1.25 bits per heavy atom. The molecule has 0 aliphatic carbocycles. The maximum atomic E-state index is 13.9. The number of fused-ring (bicyclic) bond motifs is 2. The lowest BCUT2D eigenvalue weighted by atomic mass is 9.89. The smallest absolute Gasteiger partial charge is 0.257 e. The Bertz CT molecular complexity index is 1590. The van der Waals surface area contributed by atoms with E-state index in [0.717, 1.165) is 78.5 Å². The van der Waals surface area contributed by atoms with Crippen molar-refractivity contribution >= 4 is 33.4 Å². The minimum Gasteiger partial charge on any atom is -0.507 e. The second kappa shape index (κ2) is 17.7. The summed E-state index contributed by atoms with van der Waals surface area (Å²) in [6, 6.07) is 19.2. The number of rotatable bonds is 18. The lowest BCUT2D eigenvalue weighted by molar-refractivity contribution is 0.0740. The molecule has 0 atom stereocenters. The van der Waals surface area contributed by atoms with E-state index >= 15 is 0 Å². The number of hydrogen-bond acceptors (Lipinski definition) is 4. The number of benzene rings is 4. The number of carbonyl (C=O) groups excluding carboxylic acids is 2. The summed E-state index contributed by atoms with van der Waals surface area (Å²) in [6.45, 7) is 15.5. The van der Waals surface area contributed by atoms with Gasteiger partial charge < -0.3 is 20.0 Å². The van der Waals surface area contributed by atoms with Crippen molar-refractivity contribution < 1.29 is 19.8 Å². The summed E-state index contributed by atoms with van der Waals surface area (Å²) in [7, 11) is 0. The van der Waals surface area contributed by atoms with Crippen LogP contribution in [0.25, 0.3) is 21.5 Å². The van der Waals surface area contributed by atoms with Gasteiger partial charge in [-0.25, -0.2) is 0 Å². The molecule has 0 aliphatic heterocycles. The van der Waals surface area contributed by atoms with Crippen molar-refractivity contribution in [3.05, 3.63) is 95.1 Å². The Labute approximate surface area is 287 Å². The van der Waals surface area contributed by atoms with E-state index in [1.165, 1.54) is 0 Å². The maximum Gasteiger partial charge on any atom is 0.257 e. The number of allylic oxidation sites excluding steroid dienone is 1. The molecule has 0 heterocycles. The molecule has 0 unspecified atom stereocenters. The van der Waals surface area contributed by atoms with Crippen molar-refractivity contribution in [3.63, 3.8) is 0 Å². The standard InChI is InChI=1S/C42H54N2O4/c1-6-10-22-43(23-11-7-2)41(47)37-28-31-18-14-16-20-33(31)35(39(37)45)26-30(5)27-36-34-21-17-15-19-32(34)29-38(40(36)46)42(48)44(24-12-8-3)25-13-9-4/h14-21,28-29,45-46H,5-13,22-27H2,1-4H3. The molecule has 6 heteroatoms. The van der Waals surface area contributed by atoms with Crippen LogP contribution < -0.4 is 0 Å². The van der Waals surface area contributed by atoms with E-state index in [4.69, 9.17) is 0 Å². The third-order valence-electron chi connectivity index (χ3n) is 9.27. The van der Waals surface area contributed by atoms with Crippen LogP contribution in [0.4, 0.5) is 0 Å². The summed E-state index contributed by atoms with van der Waals surface area (Å²) >= 11 is 0. The van der Waals surface area contributed by atoms with Crippen LogP contribution in [0.5, 0.6) is 11.5 Å². The molecule has 0 spiro atoms. The molecule has 4 rings (SSSR count). The van der Waals surface area contributed by atoms with Gasteiger partial charge in [0.25, 0.3) is 11.8 Å². The van der Waals surface area contributed by atoms with Crippen molar-refractivity contribution in [2.45, 2.75) is 91.9 Å². The number of aromatic hydroxyl groups is 2. The molecule has 0 radical (unpaired) electrons. The summed E-state index contributed by atoms with van der Waals surface area (Å²) in [4.78, 5) is 31.5. The maximum absolute atomic E-state index is 13.9. The van der Waals surface area contributed by atoms with Gasteiger partial charge in [0, 0.05) is 37.3 Å². The second-order valence-electron chi connectivity index (χ2n) is 13.0. The van der Waals surface area contributed by atoms with Crippen LogP contribution in [0.3, 0.4) is 0 Å². The lowest BCUT2D eigenvalue weighted by Crippen LogP contribution is -2.33. The van der Waals surface area contributed by atoms with Crippen LogP contribution in [0.1, 0.15) is 111 Å². The summed E-state index contributed by atoms with van der Waals surface area (Å²) in [5, 5.41) is 26.9. The van der Waals surface area contributed by atoms with Crippen LogP contribution in [0.15, 0.2) is 72.8 Å². The van der Waals surface area contributed by atoms with Gasteiger partial charge in [0.1, 0.15) is 11.5 Å². The van der Waals surface area contributed by atoms with E-state index in [2.05, 4.69) is 34.3 Å². The highest BCUT2D eigenvalue weighted by molar-refractivity contribution is 6.04. The van der Waals surface area contributed by atoms with Crippen LogP contribution >= 0.6 is 0 Å². The van der Waals surface area contributed by atoms with E-state index < -0.39 is 0 Å². The summed E-state index contributed by atoms with van der Waals surface area (Å²) in [5.41, 5.74) is 2.67. The first-order chi connectivity index (χ1) is 23.2. The van der Waals surface area contributed by atoms with Crippen LogP contribution in [-0.2, 0) is 12.8 Å². The van der Waals surface area contributed by atoms with E-state index in [1.54, 1.807) is 12.1 Å². The van der Waals surface area contributed by atoms with Crippen LogP contribution in [0.2, 0.25) is 0 Å². The molecule has 6 nitrogen and oxygen atoms in total. The Hall–Kier alpha value is -4.32. The first-order valence-electron chi connectivity index (χ1n) is 18.0. The van der Waals surface area contributed by atoms with Gasteiger partial charge in [0.2, 0.25) is 0 Å². The molecule has 0 bridgehead atoms. The largest absolute Gasteiger partial charge is 0.507 e. The van der Waals surface area contributed by atoms with Gasteiger partial charge in [-0.15, -0.1) is 0 Å². The highest BCUT2D eigenvalue weighted by Gasteiger charge is 2.25. The molecule has 0 saturated carbocycles. The number of amides is 2. The zero-order valence-corrected chi connectivity index (χ0v) is 29.5. The van der Waals surface area contributed by atoms with Gasteiger partial charge >= 0.3 is 0 Å². The molecule has 4 aromatic carbocycles. The Morgan fingerprint density at radius 2 is 0.917 bits per heavy atom. The van der Waals surface area contributed by atoms with E-state index in [1.807, 2.05) is 58.3 Å². The van der Waals surface area contributed by atoms with Crippen LogP contribution in [-0.4, -0.2) is 58.0 Å². The number of hydrogen-bond donors (Lipinski definition) is 2. The van der Waals surface area contributed by atoms with Crippen LogP contribution in [0, 0.1) is 0 Å². The summed E-state index contributed by atoms with van der Waals surface area (Å²) in [5.74, 6) is -0.341. The number of unbranched alkanes of at least 4 members (excludes halogenated alkanes) is 4. The predicted molar refractivity (Wildman–Crippen MR) is 199 cm³/mol. The summed E-state index contributed by atoms with van der Waals surface area (Å²) in [6.07, 6.45) is 8.16. The average Bonchev–Trinajstić information content (AvgIpc) is 3.10. The number of carbonyl (C=O) groups is 2. The average molecular weight is 651 g/mol. The fourth-order valence-corrected chi connectivity index (χ4v) is 6.44. The monoisotopic (exact) mass is 650 g/mol. The van der Waals surface area contributed by atoms with Gasteiger partial charge in [-0.3, -0.25) is 9.59 Å². The van der Waals surface area contributed by atoms with Gasteiger partial charge in [0.15, 0.2) is 0 Å². The Morgan fingerprint density at radius 1 is 0.583 bits per heavy atom. The lowest BCUT2D eigenvalue weighted by Gasteiger charge is -2.25. The van der Waals surface area contributed by atoms with Crippen molar-refractivity contribution in [2.75, 3.05) is 26.2 Å². The van der Waals surface area contributed by atoms with Gasteiger partial charge in [-0.2, -0.15) is 0 Å². The quantitative estimate of drug-likeness (QED) is 0.105. The second-order valence-corrected chi connectivity index (χ2v) is 13.0. The highest BCUT2D eigenvalue weighted by atomic mass is 16.3. The molecule has 0 saturated heterocycles. The van der Waals surface area contributed by atoms with Gasteiger partial charge in [-0.05, 0) is 72.2 Å². The normalized spacial score (nSPS) is 11.2. The molecule has 0 aliphatic rings. The Balaban J connectivity index is 1.73. The van der Waals surface area contributed by atoms with Gasteiger partial charge in [0.05, 0.1) is 11.1 Å². The van der Waals surface area contributed by atoms with Crippen molar-refractivity contribution in [2.24, 2.45) is 0 Å². The third kappa shape index (κ3) is 8.58. The van der Waals surface area contributed by atoms with Crippen molar-refractivity contribution in [1.29, 1.82) is 0 Å². The number of phenols is 2.